The van der Waals surface area contributed by atoms with Gasteiger partial charge in [-0.1, -0.05) is 32.0 Å². The standard InChI is InChI=1S/C23H35N3O6/c1-22(2,3)32-21(30)26-15-13-25(14-16-26)12-11-23(4,5)18(19(27)28)24-20(29)31-17-9-7-6-8-10-17/h6-10,18H,11-16H2,1-5H3,(H,24,29)(H,27,28)/t18-/m1/s1. The van der Waals surface area contributed by atoms with Gasteiger partial charge in [-0.15, -0.1) is 0 Å². The van der Waals surface area contributed by atoms with E-state index in [1.165, 1.54) is 0 Å². The summed E-state index contributed by atoms with van der Waals surface area (Å²) in [6, 6.07) is 7.38. The fourth-order valence-electron chi connectivity index (χ4n) is 3.41. The summed E-state index contributed by atoms with van der Waals surface area (Å²) in [7, 11) is 0. The number of rotatable bonds is 7. The molecule has 32 heavy (non-hydrogen) atoms. The van der Waals surface area contributed by atoms with Crippen LogP contribution in [0.5, 0.6) is 5.75 Å². The van der Waals surface area contributed by atoms with Gasteiger partial charge in [0.2, 0.25) is 0 Å². The molecule has 0 radical (unpaired) electrons. The van der Waals surface area contributed by atoms with Gasteiger partial charge in [-0.25, -0.2) is 14.4 Å². The van der Waals surface area contributed by atoms with E-state index in [0.29, 0.717) is 44.9 Å². The number of benzene rings is 1. The molecular weight excluding hydrogens is 414 g/mol. The maximum absolute atomic E-state index is 12.2. The van der Waals surface area contributed by atoms with Crippen molar-refractivity contribution in [1.82, 2.24) is 15.1 Å². The first-order valence-electron chi connectivity index (χ1n) is 10.8. The molecule has 0 aliphatic carbocycles. The Bertz CT molecular complexity index is 783. The first kappa shape index (κ1) is 25.5. The summed E-state index contributed by atoms with van der Waals surface area (Å²) in [5.41, 5.74) is -1.25. The van der Waals surface area contributed by atoms with E-state index < -0.39 is 29.1 Å². The summed E-state index contributed by atoms with van der Waals surface area (Å²) < 4.78 is 10.6. The van der Waals surface area contributed by atoms with Gasteiger partial charge in [0, 0.05) is 26.2 Å². The Hall–Kier alpha value is -2.81. The average Bonchev–Trinajstić information content (AvgIpc) is 2.70. The molecule has 178 valence electrons. The highest BCUT2D eigenvalue weighted by molar-refractivity contribution is 5.81. The maximum atomic E-state index is 12.2. The molecule has 0 spiro atoms. The predicted octanol–water partition coefficient (Wildman–Crippen LogP) is 3.20. The van der Waals surface area contributed by atoms with Crippen LogP contribution in [0.3, 0.4) is 0 Å². The summed E-state index contributed by atoms with van der Waals surface area (Å²) >= 11 is 0. The van der Waals surface area contributed by atoms with E-state index in [-0.39, 0.29) is 6.09 Å². The van der Waals surface area contributed by atoms with Crippen molar-refractivity contribution in [3.8, 4) is 5.75 Å². The van der Waals surface area contributed by atoms with Crippen molar-refractivity contribution in [3.05, 3.63) is 30.3 Å². The van der Waals surface area contributed by atoms with E-state index in [4.69, 9.17) is 9.47 Å². The highest BCUT2D eigenvalue weighted by Crippen LogP contribution is 2.27. The van der Waals surface area contributed by atoms with Gasteiger partial charge in [0.05, 0.1) is 0 Å². The number of para-hydroxylation sites is 1. The van der Waals surface area contributed by atoms with Gasteiger partial charge in [-0.2, -0.15) is 0 Å². The molecule has 9 nitrogen and oxygen atoms in total. The van der Waals surface area contributed by atoms with Crippen LogP contribution in [0.1, 0.15) is 41.0 Å². The quantitative estimate of drug-likeness (QED) is 0.658. The van der Waals surface area contributed by atoms with Crippen molar-refractivity contribution in [2.75, 3.05) is 32.7 Å². The van der Waals surface area contributed by atoms with E-state index in [0.717, 1.165) is 0 Å². The number of piperazine rings is 1. The molecule has 1 aromatic rings. The van der Waals surface area contributed by atoms with Gasteiger partial charge < -0.3 is 24.8 Å². The van der Waals surface area contributed by atoms with Gasteiger partial charge in [0.15, 0.2) is 0 Å². The number of amides is 2. The number of ether oxygens (including phenoxy) is 2. The molecule has 1 heterocycles. The number of hydrogen-bond donors (Lipinski definition) is 2. The molecule has 1 aliphatic heterocycles. The molecule has 1 aromatic carbocycles. The van der Waals surface area contributed by atoms with Crippen molar-refractivity contribution >= 4 is 18.2 Å². The van der Waals surface area contributed by atoms with Gasteiger partial charge in [-0.3, -0.25) is 4.90 Å². The molecule has 2 amide bonds. The van der Waals surface area contributed by atoms with Gasteiger partial charge >= 0.3 is 18.2 Å². The zero-order chi connectivity index (χ0) is 23.9. The van der Waals surface area contributed by atoms with E-state index >= 15 is 0 Å². The second-order valence-electron chi connectivity index (χ2n) is 9.67. The molecular formula is C23H35N3O6. The summed E-state index contributed by atoms with van der Waals surface area (Å²) in [4.78, 5) is 40.2. The van der Waals surface area contributed by atoms with Crippen molar-refractivity contribution in [1.29, 1.82) is 0 Å². The largest absolute Gasteiger partial charge is 0.480 e. The monoisotopic (exact) mass is 449 g/mol. The van der Waals surface area contributed by atoms with Crippen molar-refractivity contribution in [2.45, 2.75) is 52.7 Å². The number of carboxylic acid groups (broad SMARTS) is 1. The minimum Gasteiger partial charge on any atom is -0.480 e. The fraction of sp³-hybridized carbons (Fsp3) is 0.609. The fourth-order valence-corrected chi connectivity index (χ4v) is 3.41. The number of nitrogens with one attached hydrogen (secondary N) is 1. The lowest BCUT2D eigenvalue weighted by Crippen LogP contribution is -2.53. The van der Waals surface area contributed by atoms with Crippen LogP contribution in [0.15, 0.2) is 30.3 Å². The van der Waals surface area contributed by atoms with Crippen LogP contribution in [0, 0.1) is 5.41 Å². The van der Waals surface area contributed by atoms with Gasteiger partial charge in [0.25, 0.3) is 0 Å². The highest BCUT2D eigenvalue weighted by atomic mass is 16.6. The molecule has 0 saturated carbocycles. The SMILES string of the molecule is CC(C)(C)OC(=O)N1CCN(CCC(C)(C)[C@H](NC(=O)Oc2ccccc2)C(=O)O)CC1. The third-order valence-corrected chi connectivity index (χ3v) is 5.34. The van der Waals surface area contributed by atoms with Crippen LogP contribution < -0.4 is 10.1 Å². The Morgan fingerprint density at radius 2 is 1.62 bits per heavy atom. The van der Waals surface area contributed by atoms with E-state index in [1.807, 2.05) is 34.6 Å². The number of nitrogens with zero attached hydrogens (tertiary/aromatic N) is 2. The minimum atomic E-state index is -1.12. The zero-order valence-corrected chi connectivity index (χ0v) is 19.6. The lowest BCUT2D eigenvalue weighted by Gasteiger charge is -2.38. The molecule has 1 fully saturated rings. The number of hydrogen-bond acceptors (Lipinski definition) is 6. The van der Waals surface area contributed by atoms with Crippen LogP contribution in [0.2, 0.25) is 0 Å². The molecule has 2 rings (SSSR count). The Labute approximate surface area is 189 Å². The number of carbonyl (C=O) groups excluding carboxylic acids is 2. The second kappa shape index (κ2) is 10.7. The molecule has 1 aliphatic rings. The van der Waals surface area contributed by atoms with Gasteiger partial charge in [-0.05, 0) is 51.3 Å². The normalized spacial score (nSPS) is 16.2. The third-order valence-electron chi connectivity index (χ3n) is 5.34. The molecule has 1 atom stereocenters. The maximum Gasteiger partial charge on any atom is 0.413 e. The zero-order valence-electron chi connectivity index (χ0n) is 19.6. The number of aliphatic carboxylic acids is 1. The van der Waals surface area contributed by atoms with Crippen LogP contribution in [-0.2, 0) is 9.53 Å². The first-order chi connectivity index (χ1) is 14.9. The number of carboxylic acids is 1. The third kappa shape index (κ3) is 8.03. The smallest absolute Gasteiger partial charge is 0.413 e. The van der Waals surface area contributed by atoms with E-state index in [1.54, 1.807) is 35.2 Å². The topological polar surface area (TPSA) is 108 Å². The minimum absolute atomic E-state index is 0.315. The van der Waals surface area contributed by atoms with Crippen molar-refractivity contribution in [3.63, 3.8) is 0 Å². The Morgan fingerprint density at radius 1 is 1.03 bits per heavy atom. The number of carbonyl (C=O) groups is 3. The van der Waals surface area contributed by atoms with E-state index in [2.05, 4.69) is 10.2 Å². The Morgan fingerprint density at radius 3 is 2.16 bits per heavy atom. The van der Waals surface area contributed by atoms with E-state index in [9.17, 15) is 19.5 Å². The molecule has 2 N–H and O–H groups in total. The molecule has 1 saturated heterocycles. The van der Waals surface area contributed by atoms with Crippen molar-refractivity contribution < 1.29 is 29.0 Å². The summed E-state index contributed by atoms with van der Waals surface area (Å²) in [6.45, 7) is 12.3. The van der Waals surface area contributed by atoms with Crippen LogP contribution in [0.25, 0.3) is 0 Å². The average molecular weight is 450 g/mol. The molecule has 9 heteroatoms. The summed E-state index contributed by atoms with van der Waals surface area (Å²) in [6.07, 6.45) is -0.575. The Kier molecular flexibility index (Phi) is 8.49. The Balaban J connectivity index is 1.85. The molecule has 0 aromatic heterocycles. The highest BCUT2D eigenvalue weighted by Gasteiger charge is 2.37. The van der Waals surface area contributed by atoms with Crippen LogP contribution >= 0.6 is 0 Å². The summed E-state index contributed by atoms with van der Waals surface area (Å²) in [5.74, 6) is -0.774. The molecule has 0 unspecified atom stereocenters. The lowest BCUT2D eigenvalue weighted by molar-refractivity contribution is -0.142. The first-order valence-corrected chi connectivity index (χ1v) is 10.8. The summed E-state index contributed by atoms with van der Waals surface area (Å²) in [5, 5.41) is 12.2. The lowest BCUT2D eigenvalue weighted by atomic mass is 9.81. The van der Waals surface area contributed by atoms with Crippen LogP contribution in [-0.4, -0.2) is 77.4 Å². The second-order valence-corrected chi connectivity index (χ2v) is 9.67. The van der Waals surface area contributed by atoms with Crippen molar-refractivity contribution in [2.24, 2.45) is 5.41 Å². The van der Waals surface area contributed by atoms with Crippen LogP contribution in [0.4, 0.5) is 9.59 Å². The predicted molar refractivity (Wildman–Crippen MR) is 120 cm³/mol. The van der Waals surface area contributed by atoms with Gasteiger partial charge in [0.1, 0.15) is 17.4 Å². The molecule has 0 bridgehead atoms.